The summed E-state index contributed by atoms with van der Waals surface area (Å²) in [6, 6.07) is 7.82. The zero-order chi connectivity index (χ0) is 12.3. The average Bonchev–Trinajstić information content (AvgIpc) is 2.74. The van der Waals surface area contributed by atoms with Gasteiger partial charge in [-0.25, -0.2) is 0 Å². The van der Waals surface area contributed by atoms with Crippen LogP contribution in [0.4, 0.5) is 5.82 Å². The molecule has 1 aromatic carbocycles. The summed E-state index contributed by atoms with van der Waals surface area (Å²) in [5.41, 5.74) is 6.32. The third kappa shape index (κ3) is 2.55. The molecule has 2 N–H and O–H groups in total. The molecule has 0 saturated carbocycles. The van der Waals surface area contributed by atoms with Gasteiger partial charge in [0.1, 0.15) is 0 Å². The maximum atomic E-state index is 5.52. The zero-order valence-corrected chi connectivity index (χ0v) is 10.5. The maximum Gasteiger partial charge on any atom is 0.179 e. The Labute approximate surface area is 105 Å². The largest absolute Gasteiger partial charge is 0.393 e. The molecule has 4 nitrogen and oxygen atoms in total. The van der Waals surface area contributed by atoms with E-state index in [0.29, 0.717) is 11.4 Å². The highest BCUT2D eigenvalue weighted by Crippen LogP contribution is 2.25. The molecule has 5 heteroatoms. The Kier molecular flexibility index (Phi) is 3.58. The quantitative estimate of drug-likeness (QED) is 0.824. The fourth-order valence-corrected chi connectivity index (χ4v) is 1.85. The number of hydrogen-bond acceptors (Lipinski definition) is 4. The molecule has 0 unspecified atom stereocenters. The van der Waals surface area contributed by atoms with Gasteiger partial charge < -0.3 is 15.2 Å². The molecule has 0 aliphatic heterocycles. The molecule has 0 aliphatic rings. The zero-order valence-electron chi connectivity index (χ0n) is 9.72. The molecule has 0 atom stereocenters. The Bertz CT molecular complexity index is 523. The lowest BCUT2D eigenvalue weighted by Gasteiger charge is -2.19. The number of hydrogen-bond donors (Lipinski definition) is 1. The summed E-state index contributed by atoms with van der Waals surface area (Å²) in [6.45, 7) is 3.69. The van der Waals surface area contributed by atoms with Gasteiger partial charge in [0.25, 0.3) is 0 Å². The van der Waals surface area contributed by atoms with Crippen molar-refractivity contribution in [2.75, 3.05) is 18.0 Å². The summed E-state index contributed by atoms with van der Waals surface area (Å²) in [5.74, 6) is 0.861. The van der Waals surface area contributed by atoms with Gasteiger partial charge >= 0.3 is 0 Å². The van der Waals surface area contributed by atoms with Gasteiger partial charge in [0.05, 0.1) is 10.4 Å². The van der Waals surface area contributed by atoms with Gasteiger partial charge in [0, 0.05) is 19.5 Å². The van der Waals surface area contributed by atoms with Gasteiger partial charge in [-0.3, -0.25) is 0 Å². The van der Waals surface area contributed by atoms with E-state index in [9.17, 15) is 0 Å². The summed E-state index contributed by atoms with van der Waals surface area (Å²) >= 11 is 4.89. The first kappa shape index (κ1) is 11.9. The summed E-state index contributed by atoms with van der Waals surface area (Å²) in [6.07, 6.45) is 0.685. The Hall–Kier alpha value is -1.62. The van der Waals surface area contributed by atoms with Crippen molar-refractivity contribution in [3.05, 3.63) is 24.3 Å². The van der Waals surface area contributed by atoms with Crippen molar-refractivity contribution in [3.63, 3.8) is 0 Å². The summed E-state index contributed by atoms with van der Waals surface area (Å²) in [5, 5.41) is 5.14. The number of rotatable bonds is 5. The van der Waals surface area contributed by atoms with Gasteiger partial charge in [0.2, 0.25) is 0 Å². The number of benzene rings is 1. The fourth-order valence-electron chi connectivity index (χ4n) is 1.76. The second-order valence-corrected chi connectivity index (χ2v) is 4.32. The summed E-state index contributed by atoms with van der Waals surface area (Å²) in [4.78, 5) is 2.64. The smallest absolute Gasteiger partial charge is 0.179 e. The minimum Gasteiger partial charge on any atom is -0.393 e. The van der Waals surface area contributed by atoms with Crippen LogP contribution in [0.3, 0.4) is 0 Å². The third-order valence-corrected chi connectivity index (χ3v) is 2.87. The summed E-state index contributed by atoms with van der Waals surface area (Å²) < 4.78 is 5.28. The van der Waals surface area contributed by atoms with E-state index in [0.717, 1.165) is 29.9 Å². The molecule has 0 spiro atoms. The fraction of sp³-hybridized carbons (Fsp3) is 0.333. The second kappa shape index (κ2) is 5.14. The van der Waals surface area contributed by atoms with Crippen molar-refractivity contribution in [2.24, 2.45) is 5.73 Å². The maximum absolute atomic E-state index is 5.52. The SMILES string of the molecule is CCN(CCC(N)=S)c1noc2ccccc12. The van der Waals surface area contributed by atoms with Crippen molar-refractivity contribution in [1.82, 2.24) is 5.16 Å². The highest BCUT2D eigenvalue weighted by atomic mass is 32.1. The number of thiocarbonyl (C=S) groups is 1. The molecule has 90 valence electrons. The van der Waals surface area contributed by atoms with Crippen LogP contribution in [0.1, 0.15) is 13.3 Å². The lowest BCUT2D eigenvalue weighted by molar-refractivity contribution is 0.455. The van der Waals surface area contributed by atoms with E-state index in [1.165, 1.54) is 0 Å². The minimum absolute atomic E-state index is 0.524. The molecular weight excluding hydrogens is 234 g/mol. The summed E-state index contributed by atoms with van der Waals surface area (Å²) in [7, 11) is 0. The van der Waals surface area contributed by atoms with E-state index in [2.05, 4.69) is 17.0 Å². The Morgan fingerprint density at radius 2 is 2.24 bits per heavy atom. The van der Waals surface area contributed by atoms with E-state index < -0.39 is 0 Å². The highest BCUT2D eigenvalue weighted by molar-refractivity contribution is 7.80. The van der Waals surface area contributed by atoms with E-state index >= 15 is 0 Å². The van der Waals surface area contributed by atoms with Crippen LogP contribution < -0.4 is 10.6 Å². The minimum atomic E-state index is 0.524. The third-order valence-electron chi connectivity index (χ3n) is 2.67. The standard InChI is InChI=1S/C12H15N3OS/c1-2-15(8-7-11(13)17)12-9-5-3-4-6-10(9)16-14-12/h3-6H,2,7-8H2,1H3,(H2,13,17). The van der Waals surface area contributed by atoms with Crippen LogP contribution in [0.5, 0.6) is 0 Å². The van der Waals surface area contributed by atoms with Crippen molar-refractivity contribution in [1.29, 1.82) is 0 Å². The molecule has 0 radical (unpaired) electrons. The average molecular weight is 249 g/mol. The molecule has 1 aromatic heterocycles. The number of anilines is 1. The predicted octanol–water partition coefficient (Wildman–Crippen LogP) is 2.33. The van der Waals surface area contributed by atoms with Gasteiger partial charge in [-0.05, 0) is 19.1 Å². The first-order valence-corrected chi connectivity index (χ1v) is 6.01. The van der Waals surface area contributed by atoms with Gasteiger partial charge in [-0.1, -0.05) is 29.5 Å². The number of fused-ring (bicyclic) bond motifs is 1. The molecule has 0 saturated heterocycles. The lowest BCUT2D eigenvalue weighted by Crippen LogP contribution is -2.27. The first-order chi connectivity index (χ1) is 8.22. The van der Waals surface area contributed by atoms with Crippen molar-refractivity contribution in [3.8, 4) is 0 Å². The van der Waals surface area contributed by atoms with E-state index in [-0.39, 0.29) is 0 Å². The van der Waals surface area contributed by atoms with Crippen LogP contribution in [0.25, 0.3) is 11.0 Å². The topological polar surface area (TPSA) is 55.3 Å². The highest BCUT2D eigenvalue weighted by Gasteiger charge is 2.13. The first-order valence-electron chi connectivity index (χ1n) is 5.60. The van der Waals surface area contributed by atoms with Crippen LogP contribution in [0, 0.1) is 0 Å². The van der Waals surface area contributed by atoms with E-state index in [4.69, 9.17) is 22.5 Å². The number of nitrogens with two attached hydrogens (primary N) is 1. The van der Waals surface area contributed by atoms with Crippen LogP contribution >= 0.6 is 12.2 Å². The van der Waals surface area contributed by atoms with Gasteiger partial charge in [-0.2, -0.15) is 0 Å². The second-order valence-electron chi connectivity index (χ2n) is 3.80. The van der Waals surface area contributed by atoms with Crippen molar-refractivity contribution in [2.45, 2.75) is 13.3 Å². The van der Waals surface area contributed by atoms with Crippen molar-refractivity contribution < 1.29 is 4.52 Å². The normalized spacial score (nSPS) is 10.6. The molecule has 0 bridgehead atoms. The number of nitrogens with zero attached hydrogens (tertiary/aromatic N) is 2. The van der Waals surface area contributed by atoms with Crippen LogP contribution in [-0.2, 0) is 0 Å². The monoisotopic (exact) mass is 249 g/mol. The van der Waals surface area contributed by atoms with Crippen molar-refractivity contribution >= 4 is 34.0 Å². The molecule has 1 heterocycles. The number of aromatic nitrogens is 1. The molecule has 0 aliphatic carbocycles. The lowest BCUT2D eigenvalue weighted by atomic mass is 10.2. The molecule has 0 fully saturated rings. The van der Waals surface area contributed by atoms with Gasteiger partial charge in [0.15, 0.2) is 11.4 Å². The molecule has 2 aromatic rings. The number of para-hydroxylation sites is 1. The Balaban J connectivity index is 2.27. The predicted molar refractivity (Wildman–Crippen MR) is 73.3 cm³/mol. The van der Waals surface area contributed by atoms with E-state index in [1.54, 1.807) is 0 Å². The molecule has 0 amide bonds. The molecular formula is C12H15N3OS. The van der Waals surface area contributed by atoms with Crippen LogP contribution in [0.2, 0.25) is 0 Å². The Morgan fingerprint density at radius 3 is 2.94 bits per heavy atom. The van der Waals surface area contributed by atoms with E-state index in [1.807, 2.05) is 24.3 Å². The molecule has 2 rings (SSSR count). The van der Waals surface area contributed by atoms with Crippen LogP contribution in [0.15, 0.2) is 28.8 Å². The Morgan fingerprint density at radius 1 is 1.47 bits per heavy atom. The van der Waals surface area contributed by atoms with Crippen LogP contribution in [-0.4, -0.2) is 23.2 Å². The van der Waals surface area contributed by atoms with Gasteiger partial charge in [-0.15, -0.1) is 0 Å². The molecule has 17 heavy (non-hydrogen) atoms.